The van der Waals surface area contributed by atoms with E-state index in [9.17, 15) is 4.79 Å². The fourth-order valence-electron chi connectivity index (χ4n) is 2.19. The van der Waals surface area contributed by atoms with E-state index < -0.39 is 0 Å². The standard InChI is InChI=1S/C15H17N5O2/c21-15(18-5-2-7-20-8-6-17-11-20)13-9-14(22-19-13)12-3-1-4-16-10-12/h1,3-4,9-11H,2,5-8H2,(H,18,21). The van der Waals surface area contributed by atoms with E-state index in [1.165, 1.54) is 0 Å². The molecular formula is C15H17N5O2. The SMILES string of the molecule is O=C(NCCCN1C=NCC1)c1cc(-c2cccnc2)on1. The van der Waals surface area contributed by atoms with Gasteiger partial charge in [-0.2, -0.15) is 0 Å². The van der Waals surface area contributed by atoms with Crippen molar-refractivity contribution in [2.45, 2.75) is 6.42 Å². The first kappa shape index (κ1) is 14.2. The summed E-state index contributed by atoms with van der Waals surface area (Å²) in [4.78, 5) is 22.3. The van der Waals surface area contributed by atoms with E-state index in [2.05, 4.69) is 25.3 Å². The van der Waals surface area contributed by atoms with Gasteiger partial charge < -0.3 is 14.7 Å². The molecule has 22 heavy (non-hydrogen) atoms. The highest BCUT2D eigenvalue weighted by Gasteiger charge is 2.13. The van der Waals surface area contributed by atoms with Crippen molar-refractivity contribution in [1.29, 1.82) is 0 Å². The first-order valence-electron chi connectivity index (χ1n) is 7.22. The van der Waals surface area contributed by atoms with Crippen LogP contribution < -0.4 is 5.32 Å². The van der Waals surface area contributed by atoms with Crippen molar-refractivity contribution in [3.8, 4) is 11.3 Å². The van der Waals surface area contributed by atoms with Gasteiger partial charge in [-0.15, -0.1) is 0 Å². The molecule has 0 atom stereocenters. The number of nitrogens with zero attached hydrogens (tertiary/aromatic N) is 4. The first-order valence-corrected chi connectivity index (χ1v) is 7.22. The fraction of sp³-hybridized carbons (Fsp3) is 0.333. The molecule has 1 N–H and O–H groups in total. The topological polar surface area (TPSA) is 83.6 Å². The monoisotopic (exact) mass is 299 g/mol. The van der Waals surface area contributed by atoms with E-state index in [0.717, 1.165) is 31.6 Å². The second-order valence-corrected chi connectivity index (χ2v) is 4.99. The van der Waals surface area contributed by atoms with Crippen molar-refractivity contribution in [3.63, 3.8) is 0 Å². The number of amides is 1. The number of carbonyl (C=O) groups is 1. The maximum atomic E-state index is 12.0. The molecule has 0 saturated carbocycles. The number of pyridine rings is 1. The fourth-order valence-corrected chi connectivity index (χ4v) is 2.19. The third-order valence-electron chi connectivity index (χ3n) is 3.36. The lowest BCUT2D eigenvalue weighted by molar-refractivity contribution is 0.0943. The van der Waals surface area contributed by atoms with E-state index >= 15 is 0 Å². The molecule has 0 aliphatic carbocycles. The molecule has 1 amide bonds. The molecule has 7 nitrogen and oxygen atoms in total. The van der Waals surface area contributed by atoms with Gasteiger partial charge in [-0.25, -0.2) is 0 Å². The zero-order valence-electron chi connectivity index (χ0n) is 12.1. The number of aromatic nitrogens is 2. The Kier molecular flexibility index (Phi) is 4.43. The van der Waals surface area contributed by atoms with Gasteiger partial charge in [0.15, 0.2) is 11.5 Å². The highest BCUT2D eigenvalue weighted by Crippen LogP contribution is 2.18. The highest BCUT2D eigenvalue weighted by atomic mass is 16.5. The van der Waals surface area contributed by atoms with Gasteiger partial charge in [0.1, 0.15) is 0 Å². The molecule has 1 aliphatic heterocycles. The predicted molar refractivity (Wildman–Crippen MR) is 81.6 cm³/mol. The van der Waals surface area contributed by atoms with Crippen LogP contribution in [0.25, 0.3) is 11.3 Å². The molecule has 3 heterocycles. The second-order valence-electron chi connectivity index (χ2n) is 4.99. The van der Waals surface area contributed by atoms with Crippen LogP contribution in [0.4, 0.5) is 0 Å². The molecule has 7 heteroatoms. The average Bonchev–Trinajstić information content (AvgIpc) is 3.24. The van der Waals surface area contributed by atoms with Crippen LogP contribution in [0.3, 0.4) is 0 Å². The van der Waals surface area contributed by atoms with Crippen molar-refractivity contribution in [1.82, 2.24) is 20.4 Å². The minimum Gasteiger partial charge on any atom is -0.361 e. The van der Waals surface area contributed by atoms with E-state index in [1.54, 1.807) is 24.5 Å². The lowest BCUT2D eigenvalue weighted by Gasteiger charge is -2.13. The zero-order valence-corrected chi connectivity index (χ0v) is 12.1. The van der Waals surface area contributed by atoms with Crippen LogP contribution in [-0.2, 0) is 0 Å². The predicted octanol–water partition coefficient (Wildman–Crippen LogP) is 1.20. The number of hydrogen-bond donors (Lipinski definition) is 1. The number of rotatable bonds is 6. The summed E-state index contributed by atoms with van der Waals surface area (Å²) >= 11 is 0. The lowest BCUT2D eigenvalue weighted by Crippen LogP contribution is -2.28. The quantitative estimate of drug-likeness (QED) is 0.810. The van der Waals surface area contributed by atoms with Gasteiger partial charge in [-0.1, -0.05) is 5.16 Å². The van der Waals surface area contributed by atoms with Crippen LogP contribution in [0.15, 0.2) is 40.1 Å². The largest absolute Gasteiger partial charge is 0.361 e. The molecule has 114 valence electrons. The molecule has 2 aromatic heterocycles. The van der Waals surface area contributed by atoms with Crippen LogP contribution in [0.1, 0.15) is 16.9 Å². The maximum Gasteiger partial charge on any atom is 0.273 e. The summed E-state index contributed by atoms with van der Waals surface area (Å²) in [5.74, 6) is 0.306. The lowest BCUT2D eigenvalue weighted by atomic mass is 10.2. The number of aliphatic imine (C=N–C) groups is 1. The van der Waals surface area contributed by atoms with E-state index in [1.807, 2.05) is 12.4 Å². The van der Waals surface area contributed by atoms with Gasteiger partial charge in [0.05, 0.1) is 12.9 Å². The summed E-state index contributed by atoms with van der Waals surface area (Å²) in [5.41, 5.74) is 1.07. The number of carbonyl (C=O) groups excluding carboxylic acids is 1. The van der Waals surface area contributed by atoms with E-state index in [-0.39, 0.29) is 11.6 Å². The Hall–Kier alpha value is -2.70. The molecule has 0 aromatic carbocycles. The number of hydrogen-bond acceptors (Lipinski definition) is 6. The summed E-state index contributed by atoms with van der Waals surface area (Å²) in [6.45, 7) is 3.32. The van der Waals surface area contributed by atoms with E-state index in [4.69, 9.17) is 4.52 Å². The minimum absolute atomic E-state index is 0.228. The Morgan fingerprint density at radius 3 is 3.18 bits per heavy atom. The third-order valence-corrected chi connectivity index (χ3v) is 3.36. The molecule has 0 spiro atoms. The molecule has 0 fully saturated rings. The van der Waals surface area contributed by atoms with Crippen LogP contribution >= 0.6 is 0 Å². The molecule has 1 aliphatic rings. The Morgan fingerprint density at radius 1 is 1.45 bits per heavy atom. The smallest absolute Gasteiger partial charge is 0.273 e. The summed E-state index contributed by atoms with van der Waals surface area (Å²) < 4.78 is 5.18. The normalized spacial score (nSPS) is 13.5. The zero-order chi connectivity index (χ0) is 15.2. The Balaban J connectivity index is 1.48. The maximum absolute atomic E-state index is 12.0. The van der Waals surface area contributed by atoms with Crippen molar-refractivity contribution in [2.24, 2.45) is 4.99 Å². The molecule has 2 aromatic rings. The third kappa shape index (κ3) is 3.49. The Labute approximate surface area is 128 Å². The van der Waals surface area contributed by atoms with Crippen LogP contribution in [0.5, 0.6) is 0 Å². The van der Waals surface area contributed by atoms with Crippen molar-refractivity contribution >= 4 is 12.2 Å². The molecule has 0 saturated heterocycles. The first-order chi connectivity index (χ1) is 10.8. The molecule has 3 rings (SSSR count). The molecular weight excluding hydrogens is 282 g/mol. The van der Waals surface area contributed by atoms with E-state index in [0.29, 0.717) is 12.3 Å². The van der Waals surface area contributed by atoms with Gasteiger partial charge in [0, 0.05) is 43.7 Å². The Bertz CT molecular complexity index is 653. The van der Waals surface area contributed by atoms with Crippen molar-refractivity contribution < 1.29 is 9.32 Å². The minimum atomic E-state index is -0.228. The van der Waals surface area contributed by atoms with Crippen molar-refractivity contribution in [2.75, 3.05) is 26.2 Å². The number of nitrogens with one attached hydrogen (secondary N) is 1. The summed E-state index contributed by atoms with van der Waals surface area (Å²) in [5, 5.41) is 6.64. The van der Waals surface area contributed by atoms with Crippen LogP contribution in [0, 0.1) is 0 Å². The summed E-state index contributed by atoms with van der Waals surface area (Å²) in [6, 6.07) is 5.28. The van der Waals surface area contributed by atoms with Gasteiger partial charge in [0.25, 0.3) is 5.91 Å². The van der Waals surface area contributed by atoms with Gasteiger partial charge >= 0.3 is 0 Å². The molecule has 0 unspecified atom stereocenters. The van der Waals surface area contributed by atoms with Crippen LogP contribution in [0.2, 0.25) is 0 Å². The van der Waals surface area contributed by atoms with Gasteiger partial charge in [-0.05, 0) is 18.6 Å². The van der Waals surface area contributed by atoms with Gasteiger partial charge in [0.2, 0.25) is 0 Å². The summed E-state index contributed by atoms with van der Waals surface area (Å²) in [6.07, 6.45) is 6.07. The van der Waals surface area contributed by atoms with Gasteiger partial charge in [-0.3, -0.25) is 14.8 Å². The van der Waals surface area contributed by atoms with Crippen LogP contribution in [-0.4, -0.2) is 53.5 Å². The second kappa shape index (κ2) is 6.84. The Morgan fingerprint density at radius 2 is 2.41 bits per heavy atom. The summed E-state index contributed by atoms with van der Waals surface area (Å²) in [7, 11) is 0. The van der Waals surface area contributed by atoms with Crippen molar-refractivity contribution in [3.05, 3.63) is 36.3 Å². The highest BCUT2D eigenvalue weighted by molar-refractivity contribution is 5.93. The molecule has 0 bridgehead atoms. The average molecular weight is 299 g/mol. The molecule has 0 radical (unpaired) electrons.